The topological polar surface area (TPSA) is 64.1 Å². The maximum absolute atomic E-state index is 11.5. The van der Waals surface area contributed by atoms with Crippen molar-refractivity contribution in [3.8, 4) is 0 Å². The monoisotopic (exact) mass is 290 g/mol. The van der Waals surface area contributed by atoms with Crippen molar-refractivity contribution in [1.82, 2.24) is 9.55 Å². The number of hydrogen-bond acceptors (Lipinski definition) is 3. The molecule has 0 aromatic carbocycles. The van der Waals surface area contributed by atoms with E-state index >= 15 is 0 Å². The number of unbranched alkanes of at least 4 members (excludes halogenated alkanes) is 1. The van der Waals surface area contributed by atoms with E-state index in [9.17, 15) is 9.59 Å². The second-order valence-corrected chi connectivity index (χ2v) is 4.32. The molecule has 90 valence electrons. The summed E-state index contributed by atoms with van der Waals surface area (Å²) in [5.74, 6) is 0. The van der Waals surface area contributed by atoms with Crippen LogP contribution in [0.4, 0.5) is 0 Å². The molecule has 1 rings (SSSR count). The molecule has 0 saturated heterocycles. The Kier molecular flexibility index (Phi) is 4.95. The van der Waals surface area contributed by atoms with Crippen molar-refractivity contribution < 1.29 is 4.74 Å². The third-order valence-corrected chi connectivity index (χ3v) is 2.74. The van der Waals surface area contributed by atoms with Gasteiger partial charge in [0.1, 0.15) is 6.23 Å². The molecule has 0 bridgehead atoms. The van der Waals surface area contributed by atoms with Crippen molar-refractivity contribution in [3.63, 3.8) is 0 Å². The first kappa shape index (κ1) is 13.2. The molecule has 1 N–H and O–H groups in total. The molecule has 0 saturated carbocycles. The van der Waals surface area contributed by atoms with Gasteiger partial charge in [-0.1, -0.05) is 13.3 Å². The Balaban J connectivity index is 2.83. The van der Waals surface area contributed by atoms with Gasteiger partial charge >= 0.3 is 5.69 Å². The lowest BCUT2D eigenvalue weighted by Gasteiger charge is -2.15. The predicted octanol–water partition coefficient (Wildman–Crippen LogP) is 1.63. The molecule has 1 aromatic rings. The van der Waals surface area contributed by atoms with E-state index in [4.69, 9.17) is 4.74 Å². The quantitative estimate of drug-likeness (QED) is 0.839. The average molecular weight is 291 g/mol. The SMILES string of the molecule is CCCCO[C@@H](C)n1cc(Br)c(=O)[nH]c1=O. The van der Waals surface area contributed by atoms with Gasteiger partial charge in [-0.05, 0) is 29.3 Å². The van der Waals surface area contributed by atoms with Gasteiger partial charge in [0.05, 0.1) is 4.47 Å². The minimum atomic E-state index is -0.461. The first-order valence-corrected chi connectivity index (χ1v) is 5.98. The number of halogens is 1. The molecule has 0 aliphatic carbocycles. The van der Waals surface area contributed by atoms with Crippen LogP contribution in [0.3, 0.4) is 0 Å². The Hall–Kier alpha value is -0.880. The van der Waals surface area contributed by atoms with Crippen LogP contribution in [0.5, 0.6) is 0 Å². The maximum atomic E-state index is 11.5. The van der Waals surface area contributed by atoms with Gasteiger partial charge in [-0.2, -0.15) is 0 Å². The molecule has 0 fully saturated rings. The van der Waals surface area contributed by atoms with Crippen LogP contribution in [-0.4, -0.2) is 16.2 Å². The summed E-state index contributed by atoms with van der Waals surface area (Å²) in [7, 11) is 0. The molecule has 0 amide bonds. The second kappa shape index (κ2) is 6.00. The highest BCUT2D eigenvalue weighted by Gasteiger charge is 2.08. The fourth-order valence-electron chi connectivity index (χ4n) is 1.21. The number of H-pyrrole nitrogens is 1. The number of rotatable bonds is 5. The van der Waals surface area contributed by atoms with Crippen molar-refractivity contribution in [1.29, 1.82) is 0 Å². The second-order valence-electron chi connectivity index (χ2n) is 3.47. The van der Waals surface area contributed by atoms with Crippen LogP contribution in [0.1, 0.15) is 32.9 Å². The molecule has 1 aromatic heterocycles. The van der Waals surface area contributed by atoms with Crippen molar-refractivity contribution in [2.24, 2.45) is 0 Å². The maximum Gasteiger partial charge on any atom is 0.330 e. The van der Waals surface area contributed by atoms with E-state index < -0.39 is 11.2 Å². The molecular weight excluding hydrogens is 276 g/mol. The molecular formula is C10H15BrN2O3. The summed E-state index contributed by atoms with van der Waals surface area (Å²) in [6, 6.07) is 0. The number of aromatic nitrogens is 2. The summed E-state index contributed by atoms with van der Waals surface area (Å²) >= 11 is 3.07. The van der Waals surface area contributed by atoms with Gasteiger partial charge < -0.3 is 4.74 Å². The van der Waals surface area contributed by atoms with Crippen molar-refractivity contribution >= 4 is 15.9 Å². The van der Waals surface area contributed by atoms with Gasteiger partial charge in [0.2, 0.25) is 0 Å². The Bertz CT molecular complexity index is 452. The van der Waals surface area contributed by atoms with Crippen LogP contribution in [0.15, 0.2) is 20.3 Å². The normalized spacial score (nSPS) is 12.7. The summed E-state index contributed by atoms with van der Waals surface area (Å²) in [6.07, 6.45) is 3.05. The minimum Gasteiger partial charge on any atom is -0.358 e. The highest BCUT2D eigenvalue weighted by Crippen LogP contribution is 2.07. The van der Waals surface area contributed by atoms with Crippen molar-refractivity contribution in [3.05, 3.63) is 31.5 Å². The number of nitrogens with one attached hydrogen (secondary N) is 1. The van der Waals surface area contributed by atoms with Crippen LogP contribution in [-0.2, 0) is 4.74 Å². The number of nitrogens with zero attached hydrogens (tertiary/aromatic N) is 1. The lowest BCUT2D eigenvalue weighted by Crippen LogP contribution is -2.32. The highest BCUT2D eigenvalue weighted by atomic mass is 79.9. The molecule has 0 unspecified atom stereocenters. The first-order chi connectivity index (χ1) is 7.56. The molecule has 1 heterocycles. The Morgan fingerprint density at radius 2 is 2.25 bits per heavy atom. The van der Waals surface area contributed by atoms with Gasteiger partial charge in [0.25, 0.3) is 5.56 Å². The number of ether oxygens (including phenoxy) is 1. The average Bonchev–Trinajstić information content (AvgIpc) is 2.23. The zero-order chi connectivity index (χ0) is 12.1. The summed E-state index contributed by atoms with van der Waals surface area (Å²) in [6.45, 7) is 4.43. The van der Waals surface area contributed by atoms with Crippen molar-refractivity contribution in [2.75, 3.05) is 6.61 Å². The van der Waals surface area contributed by atoms with Crippen molar-refractivity contribution in [2.45, 2.75) is 32.9 Å². The molecule has 1 atom stereocenters. The lowest BCUT2D eigenvalue weighted by molar-refractivity contribution is 0.0113. The van der Waals surface area contributed by atoms with Gasteiger partial charge in [-0.3, -0.25) is 14.3 Å². The van der Waals surface area contributed by atoms with E-state index in [1.807, 2.05) is 0 Å². The lowest BCUT2D eigenvalue weighted by atomic mass is 10.4. The smallest absolute Gasteiger partial charge is 0.330 e. The van der Waals surface area contributed by atoms with Crippen LogP contribution in [0.25, 0.3) is 0 Å². The molecule has 6 heteroatoms. The van der Waals surface area contributed by atoms with Crippen LogP contribution in [0.2, 0.25) is 0 Å². The van der Waals surface area contributed by atoms with Gasteiger partial charge in [-0.25, -0.2) is 4.79 Å². The van der Waals surface area contributed by atoms with Crippen LogP contribution >= 0.6 is 15.9 Å². The number of hydrogen-bond donors (Lipinski definition) is 1. The van der Waals surface area contributed by atoms with Gasteiger partial charge in [-0.15, -0.1) is 0 Å². The van der Waals surface area contributed by atoms with E-state index in [2.05, 4.69) is 27.8 Å². The van der Waals surface area contributed by atoms with Gasteiger partial charge in [0, 0.05) is 12.8 Å². The summed E-state index contributed by atoms with van der Waals surface area (Å²) < 4.78 is 7.13. The Labute approximate surface area is 102 Å². The minimum absolute atomic E-state index is 0.318. The van der Waals surface area contributed by atoms with E-state index in [0.717, 1.165) is 12.8 Å². The third-order valence-electron chi connectivity index (χ3n) is 2.17. The van der Waals surface area contributed by atoms with Crippen LogP contribution in [0, 0.1) is 0 Å². The molecule has 0 aliphatic heterocycles. The fraction of sp³-hybridized carbons (Fsp3) is 0.600. The number of aromatic amines is 1. The first-order valence-electron chi connectivity index (χ1n) is 5.18. The summed E-state index contributed by atoms with van der Waals surface area (Å²) in [5, 5.41) is 0. The predicted molar refractivity (Wildman–Crippen MR) is 64.6 cm³/mol. The van der Waals surface area contributed by atoms with Crippen LogP contribution < -0.4 is 11.2 Å². The largest absolute Gasteiger partial charge is 0.358 e. The summed E-state index contributed by atoms with van der Waals surface area (Å²) in [5.41, 5.74) is -0.890. The van der Waals surface area contributed by atoms with E-state index in [1.54, 1.807) is 6.92 Å². The Morgan fingerprint density at radius 3 is 2.88 bits per heavy atom. The molecule has 0 aliphatic rings. The highest BCUT2D eigenvalue weighted by molar-refractivity contribution is 9.10. The van der Waals surface area contributed by atoms with E-state index in [-0.39, 0.29) is 6.23 Å². The summed E-state index contributed by atoms with van der Waals surface area (Å²) in [4.78, 5) is 24.8. The zero-order valence-electron chi connectivity index (χ0n) is 9.33. The third kappa shape index (κ3) is 3.31. The zero-order valence-corrected chi connectivity index (χ0v) is 10.9. The molecule has 5 nitrogen and oxygen atoms in total. The standard InChI is InChI=1S/C10H15BrN2O3/c1-3-4-5-16-7(2)13-6-8(11)9(14)12-10(13)15/h6-7H,3-5H2,1-2H3,(H,12,14,15)/t7-/m0/s1. The Morgan fingerprint density at radius 1 is 1.56 bits per heavy atom. The molecule has 16 heavy (non-hydrogen) atoms. The molecule has 0 spiro atoms. The van der Waals surface area contributed by atoms with E-state index in [1.165, 1.54) is 10.8 Å². The van der Waals surface area contributed by atoms with E-state index in [0.29, 0.717) is 11.1 Å². The molecule has 0 radical (unpaired) electrons. The fourth-order valence-corrected chi connectivity index (χ4v) is 1.53. The van der Waals surface area contributed by atoms with Gasteiger partial charge in [0.15, 0.2) is 0 Å².